The van der Waals surface area contributed by atoms with Crippen LogP contribution in [0.15, 0.2) is 57.4 Å². The van der Waals surface area contributed by atoms with Crippen LogP contribution in [0.5, 0.6) is 0 Å². The van der Waals surface area contributed by atoms with Crippen molar-refractivity contribution in [2.24, 2.45) is 11.1 Å². The summed E-state index contributed by atoms with van der Waals surface area (Å²) in [6.45, 7) is 4.23. The zero-order valence-corrected chi connectivity index (χ0v) is 14.8. The largest absolute Gasteiger partial charge is 0.317 e. The molecule has 114 valence electrons. The van der Waals surface area contributed by atoms with Gasteiger partial charge in [-0.2, -0.15) is 0 Å². The highest BCUT2D eigenvalue weighted by molar-refractivity contribution is 7.99. The molecule has 0 fully saturated rings. The highest BCUT2D eigenvalue weighted by Crippen LogP contribution is 2.35. The van der Waals surface area contributed by atoms with Crippen molar-refractivity contribution in [2.75, 3.05) is 5.75 Å². The summed E-state index contributed by atoms with van der Waals surface area (Å²) in [6.07, 6.45) is 0. The van der Waals surface area contributed by atoms with E-state index in [1.165, 1.54) is 22.5 Å². The molecule has 1 heterocycles. The van der Waals surface area contributed by atoms with Crippen molar-refractivity contribution in [2.45, 2.75) is 23.6 Å². The Morgan fingerprint density at radius 1 is 1.23 bits per heavy atom. The first-order valence-corrected chi connectivity index (χ1v) is 9.15. The lowest BCUT2D eigenvalue weighted by atomic mass is 9.99. The van der Waals surface area contributed by atoms with Crippen LogP contribution in [0.3, 0.4) is 0 Å². The highest BCUT2D eigenvalue weighted by Gasteiger charge is 2.23. The summed E-state index contributed by atoms with van der Waals surface area (Å²) >= 11 is 9.24. The van der Waals surface area contributed by atoms with E-state index in [4.69, 9.17) is 15.9 Å². The fraction of sp³-hybridized carbons (Fsp3) is 0.235. The van der Waals surface area contributed by atoms with Gasteiger partial charge >= 0.3 is 0 Å². The molecular formula is C17H16ClNOS2. The van der Waals surface area contributed by atoms with Gasteiger partial charge in [-0.05, 0) is 37.3 Å². The zero-order valence-electron chi connectivity index (χ0n) is 12.4. The molecule has 0 spiro atoms. The first-order chi connectivity index (χ1) is 10.6. The van der Waals surface area contributed by atoms with Crippen molar-refractivity contribution < 1.29 is 4.28 Å². The molecule has 2 aromatic carbocycles. The second kappa shape index (κ2) is 6.99. The molecule has 1 aliphatic heterocycles. The summed E-state index contributed by atoms with van der Waals surface area (Å²) < 4.78 is 5.52. The molecule has 0 saturated heterocycles. The number of hydrogen-bond acceptors (Lipinski definition) is 4. The van der Waals surface area contributed by atoms with Gasteiger partial charge in [-0.1, -0.05) is 41.4 Å². The van der Waals surface area contributed by atoms with E-state index in [2.05, 4.69) is 37.2 Å². The van der Waals surface area contributed by atoms with Gasteiger partial charge in [-0.3, -0.25) is 0 Å². The fourth-order valence-corrected chi connectivity index (χ4v) is 3.92. The summed E-state index contributed by atoms with van der Waals surface area (Å²) in [6, 6.07) is 14.1. The second-order valence-electron chi connectivity index (χ2n) is 5.30. The maximum atomic E-state index is 6.12. The van der Waals surface area contributed by atoms with Gasteiger partial charge in [0.2, 0.25) is 0 Å². The van der Waals surface area contributed by atoms with Gasteiger partial charge in [-0.25, -0.2) is 0 Å². The Hall–Kier alpha value is -1.10. The van der Waals surface area contributed by atoms with Gasteiger partial charge in [0.05, 0.1) is 10.6 Å². The van der Waals surface area contributed by atoms with Crippen molar-refractivity contribution in [1.82, 2.24) is 0 Å². The van der Waals surface area contributed by atoms with E-state index in [1.54, 1.807) is 0 Å². The molecule has 0 aliphatic carbocycles. The van der Waals surface area contributed by atoms with Crippen molar-refractivity contribution in [3.63, 3.8) is 0 Å². The molecule has 0 radical (unpaired) electrons. The summed E-state index contributed by atoms with van der Waals surface area (Å²) in [5.74, 6) is 1.35. The number of rotatable bonds is 3. The van der Waals surface area contributed by atoms with Crippen LogP contribution in [-0.2, 0) is 4.28 Å². The van der Waals surface area contributed by atoms with Gasteiger partial charge < -0.3 is 4.28 Å². The molecule has 1 atom stereocenters. The predicted molar refractivity (Wildman–Crippen MR) is 96.0 cm³/mol. The summed E-state index contributed by atoms with van der Waals surface area (Å²) in [5.41, 5.74) is 3.29. The molecule has 2 nitrogen and oxygen atoms in total. The number of nitrogens with zero attached hydrogens (tertiary/aromatic N) is 1. The molecule has 3 rings (SSSR count). The van der Waals surface area contributed by atoms with Gasteiger partial charge in [0.1, 0.15) is 12.0 Å². The maximum absolute atomic E-state index is 6.12. The molecule has 0 saturated carbocycles. The molecule has 22 heavy (non-hydrogen) atoms. The van der Waals surface area contributed by atoms with Crippen LogP contribution in [0, 0.1) is 12.8 Å². The molecular weight excluding hydrogens is 334 g/mol. The lowest BCUT2D eigenvalue weighted by molar-refractivity contribution is 0.401. The lowest BCUT2D eigenvalue weighted by Crippen LogP contribution is -2.20. The molecule has 5 heteroatoms. The van der Waals surface area contributed by atoms with E-state index in [-0.39, 0.29) is 0 Å². The third-order valence-electron chi connectivity index (χ3n) is 3.46. The second-order valence-corrected chi connectivity index (χ2v) is 7.59. The standard InChI is InChI=1S/C17H16ClNOS2/c1-11-3-6-14(7-4-11)22-20-19-17-12(2)10-21-16-8-5-13(18)9-15(16)17/h3-9,12H,10H2,1-2H3/b19-17+. The quantitative estimate of drug-likeness (QED) is 0.515. The van der Waals surface area contributed by atoms with Gasteiger partial charge in [-0.15, -0.1) is 11.8 Å². The van der Waals surface area contributed by atoms with Crippen LogP contribution in [0.4, 0.5) is 0 Å². The minimum Gasteiger partial charge on any atom is -0.317 e. The molecule has 0 aromatic heterocycles. The Labute approximate surface area is 144 Å². The number of oxime groups is 1. The van der Waals surface area contributed by atoms with Crippen molar-refractivity contribution in [1.29, 1.82) is 0 Å². The predicted octanol–water partition coefficient (Wildman–Crippen LogP) is 5.82. The summed E-state index contributed by atoms with van der Waals surface area (Å²) in [4.78, 5) is 2.25. The maximum Gasteiger partial charge on any atom is 0.125 e. The zero-order chi connectivity index (χ0) is 15.5. The average Bonchev–Trinajstić information content (AvgIpc) is 2.51. The molecule has 0 bridgehead atoms. The number of fused-ring (bicyclic) bond motifs is 1. The van der Waals surface area contributed by atoms with E-state index in [9.17, 15) is 0 Å². The molecule has 1 aliphatic rings. The van der Waals surface area contributed by atoms with Crippen LogP contribution >= 0.6 is 35.4 Å². The van der Waals surface area contributed by atoms with Crippen LogP contribution in [0.25, 0.3) is 0 Å². The summed E-state index contributed by atoms with van der Waals surface area (Å²) in [7, 11) is 0. The molecule has 1 unspecified atom stereocenters. The van der Waals surface area contributed by atoms with E-state index >= 15 is 0 Å². The van der Waals surface area contributed by atoms with Crippen molar-refractivity contribution in [3.05, 3.63) is 58.6 Å². The SMILES string of the molecule is Cc1ccc(SO/N=C2/c3cc(Cl)ccc3SCC2C)cc1. The minimum atomic E-state index is 0.342. The Balaban J connectivity index is 1.78. The third-order valence-corrected chi connectivity index (χ3v) is 5.65. The Morgan fingerprint density at radius 3 is 2.77 bits per heavy atom. The summed E-state index contributed by atoms with van der Waals surface area (Å²) in [5, 5.41) is 5.10. The van der Waals surface area contributed by atoms with Crippen LogP contribution in [0.1, 0.15) is 18.1 Å². The number of thioether (sulfide) groups is 1. The first-order valence-electron chi connectivity index (χ1n) is 7.04. The number of halogens is 1. The van der Waals surface area contributed by atoms with E-state index < -0.39 is 0 Å². The molecule has 2 aromatic rings. The first kappa shape index (κ1) is 15.8. The monoisotopic (exact) mass is 349 g/mol. The number of hydrogen-bond donors (Lipinski definition) is 0. The van der Waals surface area contributed by atoms with Gasteiger partial charge in [0.25, 0.3) is 0 Å². The smallest absolute Gasteiger partial charge is 0.125 e. The topological polar surface area (TPSA) is 21.6 Å². The number of benzene rings is 2. The van der Waals surface area contributed by atoms with Crippen LogP contribution in [-0.4, -0.2) is 11.5 Å². The third kappa shape index (κ3) is 3.62. The van der Waals surface area contributed by atoms with E-state index in [0.29, 0.717) is 5.92 Å². The van der Waals surface area contributed by atoms with Crippen molar-refractivity contribution >= 4 is 41.1 Å². The van der Waals surface area contributed by atoms with Crippen LogP contribution in [0.2, 0.25) is 5.02 Å². The Morgan fingerprint density at radius 2 is 2.00 bits per heavy atom. The average molecular weight is 350 g/mol. The highest BCUT2D eigenvalue weighted by atomic mass is 35.5. The molecule has 0 amide bonds. The minimum absolute atomic E-state index is 0.342. The fourth-order valence-electron chi connectivity index (χ4n) is 2.22. The Kier molecular flexibility index (Phi) is 5.01. The lowest BCUT2D eigenvalue weighted by Gasteiger charge is -2.22. The van der Waals surface area contributed by atoms with Crippen molar-refractivity contribution in [3.8, 4) is 0 Å². The van der Waals surface area contributed by atoms with E-state index in [1.807, 2.05) is 36.0 Å². The van der Waals surface area contributed by atoms with Crippen LogP contribution < -0.4 is 0 Å². The normalized spacial score (nSPS) is 19.0. The van der Waals surface area contributed by atoms with Gasteiger partial charge in [0, 0.05) is 27.2 Å². The Bertz CT molecular complexity index is 700. The number of aryl methyl sites for hydroxylation is 1. The van der Waals surface area contributed by atoms with Gasteiger partial charge in [0.15, 0.2) is 0 Å². The molecule has 0 N–H and O–H groups in total. The van der Waals surface area contributed by atoms with E-state index in [0.717, 1.165) is 26.9 Å².